The number of hydrogen-bond acceptors (Lipinski definition) is 3. The van der Waals surface area contributed by atoms with E-state index in [1.807, 2.05) is 48.2 Å². The number of rotatable bonds is 6. The number of hydrogen-bond donors (Lipinski definition) is 0. The number of aryl methyl sites for hydroxylation is 1. The lowest BCUT2D eigenvalue weighted by molar-refractivity contribution is -0.131. The van der Waals surface area contributed by atoms with E-state index in [-0.39, 0.29) is 5.91 Å². The van der Waals surface area contributed by atoms with E-state index in [1.165, 1.54) is 0 Å². The second-order valence-corrected chi connectivity index (χ2v) is 7.58. The summed E-state index contributed by atoms with van der Waals surface area (Å²) in [6.45, 7) is 5.62. The maximum absolute atomic E-state index is 12.4. The summed E-state index contributed by atoms with van der Waals surface area (Å²) in [7, 11) is 0. The quantitative estimate of drug-likeness (QED) is 0.645. The number of halogens is 2. The molecule has 0 bridgehead atoms. The van der Waals surface area contributed by atoms with Crippen LogP contribution in [0.15, 0.2) is 42.5 Å². The summed E-state index contributed by atoms with van der Waals surface area (Å²) in [6.07, 6.45) is 1.21. The summed E-state index contributed by atoms with van der Waals surface area (Å²) in [5, 5.41) is 1.44. The second-order valence-electron chi connectivity index (χ2n) is 6.71. The van der Waals surface area contributed by atoms with Crippen LogP contribution in [0.3, 0.4) is 0 Å². The Morgan fingerprint density at radius 1 is 1.04 bits per heavy atom. The zero-order valence-corrected chi connectivity index (χ0v) is 17.0. The van der Waals surface area contributed by atoms with E-state index in [9.17, 15) is 4.79 Å². The molecule has 0 atom stereocenters. The summed E-state index contributed by atoms with van der Waals surface area (Å²) >= 11 is 12.0. The molecule has 0 radical (unpaired) electrons. The average Bonchev–Trinajstić information content (AvgIpc) is 2.66. The minimum atomic E-state index is 0.192. The molecule has 1 heterocycles. The van der Waals surface area contributed by atoms with Crippen LogP contribution in [0.5, 0.6) is 5.75 Å². The molecule has 6 heteroatoms. The molecule has 0 N–H and O–H groups in total. The Morgan fingerprint density at radius 3 is 2.48 bits per heavy atom. The van der Waals surface area contributed by atoms with Gasteiger partial charge in [-0.15, -0.1) is 0 Å². The molecule has 1 aliphatic heterocycles. The summed E-state index contributed by atoms with van der Waals surface area (Å²) < 4.78 is 5.77. The molecule has 1 saturated heterocycles. The van der Waals surface area contributed by atoms with E-state index in [4.69, 9.17) is 27.9 Å². The highest BCUT2D eigenvalue weighted by Crippen LogP contribution is 2.23. The van der Waals surface area contributed by atoms with E-state index in [0.29, 0.717) is 24.5 Å². The van der Waals surface area contributed by atoms with E-state index in [1.54, 1.807) is 0 Å². The standard InChI is InChI=1S/C21H24Cl2N2O2/c1-16-14-18(23)7-8-20(16)27-13-3-6-21(26)25-11-9-24(10-12-25)19-5-2-4-17(22)15-19/h2,4-5,7-8,14-15H,3,6,9-13H2,1H3. The topological polar surface area (TPSA) is 32.8 Å². The van der Waals surface area contributed by atoms with Crippen LogP contribution in [-0.4, -0.2) is 43.6 Å². The van der Waals surface area contributed by atoms with E-state index < -0.39 is 0 Å². The van der Waals surface area contributed by atoms with Gasteiger partial charge in [0, 0.05) is 48.3 Å². The molecular formula is C21H24Cl2N2O2. The Balaban J connectivity index is 1.39. The molecule has 0 spiro atoms. The number of ether oxygens (including phenoxy) is 1. The van der Waals surface area contributed by atoms with Crippen molar-refractivity contribution in [3.63, 3.8) is 0 Å². The molecule has 0 aromatic heterocycles. The van der Waals surface area contributed by atoms with Crippen molar-refractivity contribution in [2.75, 3.05) is 37.7 Å². The first-order chi connectivity index (χ1) is 13.0. The van der Waals surface area contributed by atoms with Crippen molar-refractivity contribution in [2.45, 2.75) is 19.8 Å². The molecule has 0 unspecified atom stereocenters. The van der Waals surface area contributed by atoms with Crippen molar-refractivity contribution in [1.29, 1.82) is 0 Å². The van der Waals surface area contributed by atoms with Crippen molar-refractivity contribution < 1.29 is 9.53 Å². The predicted octanol–water partition coefficient (Wildman–Crippen LogP) is 4.81. The van der Waals surface area contributed by atoms with Crippen LogP contribution in [0.2, 0.25) is 10.0 Å². The Morgan fingerprint density at radius 2 is 1.78 bits per heavy atom. The van der Waals surface area contributed by atoms with Gasteiger partial charge in [0.1, 0.15) is 5.75 Å². The van der Waals surface area contributed by atoms with Crippen LogP contribution in [0, 0.1) is 6.92 Å². The largest absolute Gasteiger partial charge is 0.493 e. The van der Waals surface area contributed by atoms with Crippen LogP contribution in [-0.2, 0) is 4.79 Å². The van der Waals surface area contributed by atoms with Gasteiger partial charge in [-0.1, -0.05) is 29.3 Å². The highest BCUT2D eigenvalue weighted by Gasteiger charge is 2.21. The number of carbonyl (C=O) groups is 1. The van der Waals surface area contributed by atoms with Crippen LogP contribution in [0.25, 0.3) is 0 Å². The van der Waals surface area contributed by atoms with Gasteiger partial charge in [0.2, 0.25) is 5.91 Å². The van der Waals surface area contributed by atoms with Crippen molar-refractivity contribution in [3.05, 3.63) is 58.1 Å². The maximum atomic E-state index is 12.4. The van der Waals surface area contributed by atoms with Crippen LogP contribution in [0.1, 0.15) is 18.4 Å². The first kappa shape index (κ1) is 19.8. The number of anilines is 1. The molecule has 1 fully saturated rings. The molecule has 0 aliphatic carbocycles. The minimum absolute atomic E-state index is 0.192. The van der Waals surface area contributed by atoms with Gasteiger partial charge in [-0.25, -0.2) is 0 Å². The van der Waals surface area contributed by atoms with E-state index in [0.717, 1.165) is 48.2 Å². The molecular weight excluding hydrogens is 383 g/mol. The normalized spacial score (nSPS) is 14.3. The molecule has 4 nitrogen and oxygen atoms in total. The average molecular weight is 407 g/mol. The fourth-order valence-electron chi connectivity index (χ4n) is 3.23. The van der Waals surface area contributed by atoms with Gasteiger partial charge in [-0.2, -0.15) is 0 Å². The van der Waals surface area contributed by atoms with Crippen molar-refractivity contribution >= 4 is 34.8 Å². The van der Waals surface area contributed by atoms with Gasteiger partial charge in [-0.3, -0.25) is 4.79 Å². The molecule has 144 valence electrons. The number of benzene rings is 2. The fourth-order valence-corrected chi connectivity index (χ4v) is 3.64. The summed E-state index contributed by atoms with van der Waals surface area (Å²) in [6, 6.07) is 13.4. The van der Waals surface area contributed by atoms with Gasteiger partial charge in [0.25, 0.3) is 0 Å². The van der Waals surface area contributed by atoms with E-state index in [2.05, 4.69) is 11.0 Å². The molecule has 27 heavy (non-hydrogen) atoms. The lowest BCUT2D eigenvalue weighted by Crippen LogP contribution is -2.48. The summed E-state index contributed by atoms with van der Waals surface area (Å²) in [5.41, 5.74) is 2.12. The Bertz CT molecular complexity index is 790. The number of carbonyl (C=O) groups excluding carboxylic acids is 1. The SMILES string of the molecule is Cc1cc(Cl)ccc1OCCCC(=O)N1CCN(c2cccc(Cl)c2)CC1. The summed E-state index contributed by atoms with van der Waals surface area (Å²) in [4.78, 5) is 16.6. The van der Waals surface area contributed by atoms with Crippen LogP contribution in [0.4, 0.5) is 5.69 Å². The van der Waals surface area contributed by atoms with E-state index >= 15 is 0 Å². The first-order valence-corrected chi connectivity index (χ1v) is 9.96. The third-order valence-corrected chi connectivity index (χ3v) is 5.21. The Hall–Kier alpha value is -1.91. The smallest absolute Gasteiger partial charge is 0.222 e. The second kappa shape index (κ2) is 9.34. The maximum Gasteiger partial charge on any atom is 0.222 e. The number of amides is 1. The van der Waals surface area contributed by atoms with Crippen molar-refractivity contribution in [1.82, 2.24) is 4.90 Å². The molecule has 0 saturated carbocycles. The minimum Gasteiger partial charge on any atom is -0.493 e. The molecule has 1 amide bonds. The highest BCUT2D eigenvalue weighted by atomic mass is 35.5. The van der Waals surface area contributed by atoms with Gasteiger partial charge in [0.15, 0.2) is 0 Å². The zero-order chi connectivity index (χ0) is 19.2. The van der Waals surface area contributed by atoms with Gasteiger partial charge in [0.05, 0.1) is 6.61 Å². The highest BCUT2D eigenvalue weighted by molar-refractivity contribution is 6.31. The first-order valence-electron chi connectivity index (χ1n) is 9.20. The van der Waals surface area contributed by atoms with Gasteiger partial charge in [-0.05, 0) is 55.3 Å². The van der Waals surface area contributed by atoms with Crippen molar-refractivity contribution in [3.8, 4) is 5.75 Å². The number of piperazine rings is 1. The van der Waals surface area contributed by atoms with Crippen molar-refractivity contribution in [2.24, 2.45) is 0 Å². The zero-order valence-electron chi connectivity index (χ0n) is 15.5. The Labute approximate surface area is 170 Å². The third kappa shape index (κ3) is 5.53. The molecule has 1 aliphatic rings. The van der Waals surface area contributed by atoms with Gasteiger partial charge < -0.3 is 14.5 Å². The van der Waals surface area contributed by atoms with Crippen LogP contribution < -0.4 is 9.64 Å². The summed E-state index contributed by atoms with van der Waals surface area (Å²) in [5.74, 6) is 1.01. The van der Waals surface area contributed by atoms with Gasteiger partial charge >= 0.3 is 0 Å². The molecule has 3 rings (SSSR count). The predicted molar refractivity (Wildman–Crippen MR) is 111 cm³/mol. The third-order valence-electron chi connectivity index (χ3n) is 4.74. The lowest BCUT2D eigenvalue weighted by Gasteiger charge is -2.36. The fraction of sp³-hybridized carbons (Fsp3) is 0.381. The lowest BCUT2D eigenvalue weighted by atomic mass is 10.2. The monoisotopic (exact) mass is 406 g/mol. The Kier molecular flexibility index (Phi) is 6.86. The number of nitrogens with zero attached hydrogens (tertiary/aromatic N) is 2. The molecule has 2 aromatic carbocycles. The van der Waals surface area contributed by atoms with Crippen LogP contribution >= 0.6 is 23.2 Å². The molecule has 2 aromatic rings.